The van der Waals surface area contributed by atoms with Gasteiger partial charge in [-0.15, -0.1) is 0 Å². The third-order valence-electron chi connectivity index (χ3n) is 10.4. The lowest BCUT2D eigenvalue weighted by Gasteiger charge is -2.44. The van der Waals surface area contributed by atoms with Gasteiger partial charge in [-0.25, -0.2) is 0 Å². The van der Waals surface area contributed by atoms with Crippen molar-refractivity contribution in [2.45, 2.75) is 0 Å². The van der Waals surface area contributed by atoms with Gasteiger partial charge in [-0.05, 0) is 93.4 Å². The smallest absolute Gasteiger partial charge is 0.256 e. The van der Waals surface area contributed by atoms with E-state index >= 15 is 0 Å². The number of hydrogen-bond donors (Lipinski definition) is 0. The van der Waals surface area contributed by atoms with Gasteiger partial charge in [0.05, 0.1) is 5.69 Å². The van der Waals surface area contributed by atoms with Crippen LogP contribution in [0.4, 0.5) is 34.1 Å². The fraction of sp³-hybridized carbons (Fsp3) is 0. The molecule has 7 aromatic carbocycles. The summed E-state index contributed by atoms with van der Waals surface area (Å²) >= 11 is 0. The summed E-state index contributed by atoms with van der Waals surface area (Å²) in [5, 5.41) is 0. The van der Waals surface area contributed by atoms with Gasteiger partial charge in [0.15, 0.2) is 0 Å². The zero-order chi connectivity index (χ0) is 31.3. The summed E-state index contributed by atoms with van der Waals surface area (Å²) in [6, 6.07) is 56.2. The van der Waals surface area contributed by atoms with E-state index in [9.17, 15) is 0 Å². The number of rotatable bonds is 2. The Bertz CT molecular complexity index is 2450. The van der Waals surface area contributed by atoms with Crippen molar-refractivity contribution in [3.63, 3.8) is 0 Å². The van der Waals surface area contributed by atoms with Crippen LogP contribution in [-0.4, -0.2) is 13.4 Å². The van der Waals surface area contributed by atoms with E-state index < -0.39 is 0 Å². The molecule has 0 fully saturated rings. The maximum absolute atomic E-state index is 7.22. The van der Waals surface area contributed by atoms with Gasteiger partial charge in [0, 0.05) is 28.4 Å². The lowest BCUT2D eigenvalue weighted by molar-refractivity contribution is 0.486. The largest absolute Gasteiger partial charge is 0.458 e. The molecule has 4 aliphatic rings. The predicted octanol–water partition coefficient (Wildman–Crippen LogP) is 6.50. The van der Waals surface area contributed by atoms with Crippen LogP contribution in [0.5, 0.6) is 23.0 Å². The van der Waals surface area contributed by atoms with E-state index in [2.05, 4.69) is 168 Å². The van der Waals surface area contributed by atoms with Crippen LogP contribution >= 0.6 is 0 Å². The quantitative estimate of drug-likeness (QED) is 0.209. The Morgan fingerprint density at radius 1 is 0.354 bits per heavy atom. The minimum absolute atomic E-state index is 0.00459. The predicted molar refractivity (Wildman–Crippen MR) is 198 cm³/mol. The number of benzene rings is 7. The molecule has 0 amide bonds. The number of fused-ring (bicyclic) bond motifs is 9. The van der Waals surface area contributed by atoms with Gasteiger partial charge < -0.3 is 19.3 Å². The third kappa shape index (κ3) is 3.41. The molecule has 0 saturated carbocycles. The van der Waals surface area contributed by atoms with Crippen molar-refractivity contribution in [2.24, 2.45) is 0 Å². The SMILES string of the molecule is c1ccc(N2c3ccccc3B3c4ccc5c(c4Oc4cccc2c43)N(c2ccccc2)c2cccc3c2B5c2ccccc2O3)cc1. The fourth-order valence-corrected chi connectivity index (χ4v) is 8.50. The van der Waals surface area contributed by atoms with Crippen LogP contribution < -0.4 is 52.1 Å². The van der Waals surface area contributed by atoms with Gasteiger partial charge in [0.1, 0.15) is 23.0 Å². The van der Waals surface area contributed by atoms with Gasteiger partial charge in [0.2, 0.25) is 0 Å². The molecule has 222 valence electrons. The Morgan fingerprint density at radius 3 is 1.62 bits per heavy atom. The van der Waals surface area contributed by atoms with E-state index in [1.807, 2.05) is 0 Å². The van der Waals surface area contributed by atoms with E-state index in [1.54, 1.807) is 0 Å². The highest BCUT2D eigenvalue weighted by Crippen LogP contribution is 2.47. The van der Waals surface area contributed by atoms with Crippen LogP contribution in [0.15, 0.2) is 158 Å². The summed E-state index contributed by atoms with van der Waals surface area (Å²) in [7, 11) is 0. The molecule has 48 heavy (non-hydrogen) atoms. The fourth-order valence-electron chi connectivity index (χ4n) is 8.50. The summed E-state index contributed by atoms with van der Waals surface area (Å²) < 4.78 is 13.8. The highest BCUT2D eigenvalue weighted by molar-refractivity contribution is 7.01. The molecule has 0 aromatic heterocycles. The van der Waals surface area contributed by atoms with Crippen molar-refractivity contribution in [2.75, 3.05) is 9.80 Å². The van der Waals surface area contributed by atoms with Crippen LogP contribution in [0.25, 0.3) is 0 Å². The summed E-state index contributed by atoms with van der Waals surface area (Å²) in [6.07, 6.45) is 0. The summed E-state index contributed by atoms with van der Waals surface area (Å²) in [4.78, 5) is 4.77. The van der Waals surface area contributed by atoms with Crippen molar-refractivity contribution in [1.82, 2.24) is 0 Å². The van der Waals surface area contributed by atoms with E-state index in [4.69, 9.17) is 9.47 Å². The number of anilines is 6. The molecule has 4 nitrogen and oxygen atoms in total. The molecule has 4 aliphatic heterocycles. The van der Waals surface area contributed by atoms with Gasteiger partial charge in [0.25, 0.3) is 13.4 Å². The van der Waals surface area contributed by atoms with E-state index in [-0.39, 0.29) is 13.4 Å². The standard InChI is InChI=1S/C42H26B2N2O2/c1-3-13-27(14-4-1)45-33-19-9-7-17-29(33)43-32-26-25-31-41(42(32)48-38-24-11-20-34(45)39(38)43)46(28-15-5-2-6-16-28)35-21-12-23-37-40(35)44(31)30-18-8-10-22-36(30)47-37/h1-26H. The summed E-state index contributed by atoms with van der Waals surface area (Å²) in [6.45, 7) is 0.0127. The van der Waals surface area contributed by atoms with E-state index in [0.717, 1.165) is 51.4 Å². The highest BCUT2D eigenvalue weighted by atomic mass is 16.5. The van der Waals surface area contributed by atoms with Gasteiger partial charge >= 0.3 is 0 Å². The third-order valence-corrected chi connectivity index (χ3v) is 10.4. The Morgan fingerprint density at radius 2 is 0.875 bits per heavy atom. The Kier molecular flexibility index (Phi) is 5.25. The van der Waals surface area contributed by atoms with Crippen LogP contribution in [0.2, 0.25) is 0 Å². The molecule has 0 unspecified atom stereocenters. The first-order chi connectivity index (χ1) is 23.8. The average molecular weight is 612 g/mol. The van der Waals surface area contributed by atoms with E-state index in [0.29, 0.717) is 0 Å². The maximum atomic E-state index is 7.22. The summed E-state index contributed by atoms with van der Waals surface area (Å²) in [5.74, 6) is 3.61. The number of nitrogens with zero attached hydrogens (tertiary/aromatic N) is 2. The molecule has 0 atom stereocenters. The van der Waals surface area contributed by atoms with Crippen LogP contribution in [-0.2, 0) is 0 Å². The minimum Gasteiger partial charge on any atom is -0.458 e. The van der Waals surface area contributed by atoms with Gasteiger partial charge in [-0.3, -0.25) is 0 Å². The maximum Gasteiger partial charge on any atom is 0.256 e. The first-order valence-electron chi connectivity index (χ1n) is 16.5. The van der Waals surface area contributed by atoms with Crippen LogP contribution in [0.1, 0.15) is 0 Å². The van der Waals surface area contributed by atoms with Crippen LogP contribution in [0.3, 0.4) is 0 Å². The molecule has 6 heteroatoms. The number of ether oxygens (including phenoxy) is 2. The molecule has 0 spiro atoms. The molecule has 7 aromatic rings. The number of hydrogen-bond acceptors (Lipinski definition) is 4. The molecular weight excluding hydrogens is 586 g/mol. The molecule has 0 bridgehead atoms. The molecule has 0 radical (unpaired) electrons. The zero-order valence-electron chi connectivity index (χ0n) is 25.9. The molecule has 0 saturated heterocycles. The Labute approximate surface area is 279 Å². The Balaban J connectivity index is 1.21. The Hall–Kier alpha value is -6.13. The lowest BCUT2D eigenvalue weighted by Crippen LogP contribution is -2.62. The summed E-state index contributed by atoms with van der Waals surface area (Å²) in [5.41, 5.74) is 14.0. The van der Waals surface area contributed by atoms with Crippen molar-refractivity contribution in [3.8, 4) is 23.0 Å². The molecule has 4 heterocycles. The van der Waals surface area contributed by atoms with Crippen molar-refractivity contribution < 1.29 is 9.47 Å². The first kappa shape index (κ1) is 26.0. The monoisotopic (exact) mass is 612 g/mol. The molecular formula is C42H26B2N2O2. The van der Waals surface area contributed by atoms with Crippen LogP contribution in [0, 0.1) is 0 Å². The van der Waals surface area contributed by atoms with E-state index in [1.165, 1.54) is 38.5 Å². The number of para-hydroxylation sites is 4. The van der Waals surface area contributed by atoms with Crippen molar-refractivity contribution in [1.29, 1.82) is 0 Å². The van der Waals surface area contributed by atoms with Gasteiger partial charge in [-0.1, -0.05) is 97.1 Å². The molecule has 0 aliphatic carbocycles. The second kappa shape index (κ2) is 9.69. The lowest BCUT2D eigenvalue weighted by atomic mass is 9.32. The van der Waals surface area contributed by atoms with Crippen molar-refractivity contribution >= 4 is 80.3 Å². The second-order valence-electron chi connectivity index (χ2n) is 12.8. The molecule has 11 rings (SSSR count). The van der Waals surface area contributed by atoms with Gasteiger partial charge in [-0.2, -0.15) is 0 Å². The second-order valence-corrected chi connectivity index (χ2v) is 12.8. The highest BCUT2D eigenvalue weighted by Gasteiger charge is 2.47. The van der Waals surface area contributed by atoms with Crippen molar-refractivity contribution in [3.05, 3.63) is 158 Å². The first-order valence-corrected chi connectivity index (χ1v) is 16.5. The zero-order valence-corrected chi connectivity index (χ0v) is 25.9. The molecule has 0 N–H and O–H groups in total. The minimum atomic E-state index is 0.00459. The average Bonchev–Trinajstić information content (AvgIpc) is 3.15. The normalized spacial score (nSPS) is 14.0. The topological polar surface area (TPSA) is 24.9 Å².